The van der Waals surface area contributed by atoms with Crippen molar-refractivity contribution in [3.63, 3.8) is 0 Å². The van der Waals surface area contributed by atoms with Crippen LogP contribution in [0, 0.1) is 16.0 Å². The van der Waals surface area contributed by atoms with E-state index >= 15 is 0 Å². The van der Waals surface area contributed by atoms with E-state index in [0.717, 1.165) is 12.0 Å². The zero-order chi connectivity index (χ0) is 20.8. The van der Waals surface area contributed by atoms with Gasteiger partial charge < -0.3 is 0 Å². The number of amides is 1. The van der Waals surface area contributed by atoms with E-state index in [1.165, 1.54) is 23.9 Å². The first-order chi connectivity index (χ1) is 13.9. The van der Waals surface area contributed by atoms with E-state index in [1.807, 2.05) is 12.1 Å². The van der Waals surface area contributed by atoms with Crippen molar-refractivity contribution in [1.29, 1.82) is 0 Å². The van der Waals surface area contributed by atoms with Crippen LogP contribution in [0.1, 0.15) is 35.5 Å². The maximum absolute atomic E-state index is 12.2. The Bertz CT molecular complexity index is 1020. The fourth-order valence-corrected chi connectivity index (χ4v) is 2.78. The first-order valence-corrected chi connectivity index (χ1v) is 9.15. The maximum Gasteiger partial charge on any atom is 0.289 e. The predicted octanol–water partition coefficient (Wildman–Crippen LogP) is 3.95. The number of nitrogens with zero attached hydrogens (tertiary/aromatic N) is 3. The monoisotopic (exact) mass is 391 g/mol. The molecule has 8 heteroatoms. The minimum atomic E-state index is -0.476. The third kappa shape index (κ3) is 5.35. The molecule has 0 radical (unpaired) electrons. The molecule has 0 saturated heterocycles. The van der Waals surface area contributed by atoms with Crippen LogP contribution >= 0.6 is 0 Å². The SMILES string of the molecule is CC(C)Cc1ccc(-c2cc(C(=O)N/N=C\c3ccc([N+](=O)[O-])cc3)[nH]n2)cc1. The molecule has 1 amide bonds. The number of nitro benzene ring substituents is 1. The molecule has 0 spiro atoms. The number of benzene rings is 2. The normalized spacial score (nSPS) is 11.1. The number of carbonyl (C=O) groups is 1. The van der Waals surface area contributed by atoms with Gasteiger partial charge in [0.05, 0.1) is 16.8 Å². The van der Waals surface area contributed by atoms with Gasteiger partial charge >= 0.3 is 0 Å². The Kier molecular flexibility index (Phi) is 6.13. The molecule has 2 aromatic carbocycles. The van der Waals surface area contributed by atoms with Crippen molar-refractivity contribution in [1.82, 2.24) is 15.6 Å². The van der Waals surface area contributed by atoms with Crippen molar-refractivity contribution in [2.75, 3.05) is 0 Å². The number of nitrogens with one attached hydrogen (secondary N) is 2. The lowest BCUT2D eigenvalue weighted by Crippen LogP contribution is -2.17. The number of aromatic nitrogens is 2. The molecular formula is C21H21N5O3. The molecule has 0 saturated carbocycles. The maximum atomic E-state index is 12.2. The van der Waals surface area contributed by atoms with Gasteiger partial charge in [0.1, 0.15) is 5.69 Å². The third-order valence-electron chi connectivity index (χ3n) is 4.20. The minimum absolute atomic E-state index is 0.00610. The molecule has 3 rings (SSSR count). The number of aromatic amines is 1. The Balaban J connectivity index is 1.61. The molecular weight excluding hydrogens is 370 g/mol. The van der Waals surface area contributed by atoms with Crippen LogP contribution in [0.5, 0.6) is 0 Å². The highest BCUT2D eigenvalue weighted by atomic mass is 16.6. The molecule has 0 aliphatic heterocycles. The van der Waals surface area contributed by atoms with Gasteiger partial charge in [0.25, 0.3) is 11.6 Å². The highest BCUT2D eigenvalue weighted by Crippen LogP contribution is 2.19. The molecule has 0 bridgehead atoms. The fraction of sp³-hybridized carbons (Fsp3) is 0.190. The summed E-state index contributed by atoms with van der Waals surface area (Å²) in [5.74, 6) is 0.159. The van der Waals surface area contributed by atoms with Gasteiger partial charge in [0.15, 0.2) is 0 Å². The molecule has 0 atom stereocenters. The third-order valence-corrected chi connectivity index (χ3v) is 4.20. The second kappa shape index (κ2) is 8.92. The van der Waals surface area contributed by atoms with Crippen molar-refractivity contribution < 1.29 is 9.72 Å². The van der Waals surface area contributed by atoms with E-state index in [0.29, 0.717) is 17.2 Å². The van der Waals surface area contributed by atoms with Crippen LogP contribution in [-0.2, 0) is 6.42 Å². The van der Waals surface area contributed by atoms with E-state index in [9.17, 15) is 14.9 Å². The van der Waals surface area contributed by atoms with E-state index in [1.54, 1.807) is 18.2 Å². The average molecular weight is 391 g/mol. The topological polar surface area (TPSA) is 113 Å². The molecule has 2 N–H and O–H groups in total. The Labute approximate surface area is 167 Å². The van der Waals surface area contributed by atoms with Crippen LogP contribution in [0.15, 0.2) is 59.7 Å². The lowest BCUT2D eigenvalue weighted by Gasteiger charge is -2.05. The van der Waals surface area contributed by atoms with Crippen molar-refractivity contribution in [3.05, 3.63) is 81.5 Å². The van der Waals surface area contributed by atoms with Crippen LogP contribution in [0.2, 0.25) is 0 Å². The number of hydrogen-bond donors (Lipinski definition) is 2. The number of H-pyrrole nitrogens is 1. The average Bonchev–Trinajstić information content (AvgIpc) is 3.19. The van der Waals surface area contributed by atoms with Gasteiger partial charge in [-0.25, -0.2) is 5.43 Å². The number of rotatable bonds is 7. The van der Waals surface area contributed by atoms with Gasteiger partial charge in [-0.05, 0) is 41.7 Å². The number of hydrazone groups is 1. The summed E-state index contributed by atoms with van der Waals surface area (Å²) in [5.41, 5.74) is 6.16. The predicted molar refractivity (Wildman–Crippen MR) is 111 cm³/mol. The summed E-state index contributed by atoms with van der Waals surface area (Å²) in [4.78, 5) is 22.4. The zero-order valence-electron chi connectivity index (χ0n) is 16.1. The van der Waals surface area contributed by atoms with Crippen molar-refractivity contribution >= 4 is 17.8 Å². The molecule has 0 aliphatic carbocycles. The lowest BCUT2D eigenvalue weighted by molar-refractivity contribution is -0.384. The quantitative estimate of drug-likeness (QED) is 0.361. The Hall–Kier alpha value is -3.81. The zero-order valence-corrected chi connectivity index (χ0v) is 16.1. The molecule has 0 aliphatic rings. The highest BCUT2D eigenvalue weighted by Gasteiger charge is 2.11. The lowest BCUT2D eigenvalue weighted by atomic mass is 10.0. The summed E-state index contributed by atoms with van der Waals surface area (Å²) in [7, 11) is 0. The van der Waals surface area contributed by atoms with E-state index in [2.05, 4.69) is 46.7 Å². The molecule has 1 heterocycles. The summed E-state index contributed by atoms with van der Waals surface area (Å²) in [6.07, 6.45) is 2.42. The molecule has 3 aromatic rings. The molecule has 0 fully saturated rings. The summed E-state index contributed by atoms with van der Waals surface area (Å²) >= 11 is 0. The van der Waals surface area contributed by atoms with Gasteiger partial charge in [-0.2, -0.15) is 10.2 Å². The Morgan fingerprint density at radius 1 is 1.21 bits per heavy atom. The summed E-state index contributed by atoms with van der Waals surface area (Å²) in [5, 5.41) is 21.4. The first-order valence-electron chi connectivity index (χ1n) is 9.15. The van der Waals surface area contributed by atoms with E-state index < -0.39 is 10.8 Å². The van der Waals surface area contributed by atoms with Gasteiger partial charge in [0, 0.05) is 17.7 Å². The number of non-ortho nitro benzene ring substituents is 1. The molecule has 8 nitrogen and oxygen atoms in total. The van der Waals surface area contributed by atoms with Gasteiger partial charge in [-0.1, -0.05) is 38.1 Å². The summed E-state index contributed by atoms with van der Waals surface area (Å²) in [6, 6.07) is 15.6. The van der Waals surface area contributed by atoms with Gasteiger partial charge in [0.2, 0.25) is 0 Å². The van der Waals surface area contributed by atoms with Crippen LogP contribution in [0.25, 0.3) is 11.3 Å². The van der Waals surface area contributed by atoms with Crippen LogP contribution in [-0.4, -0.2) is 27.2 Å². The molecule has 0 unspecified atom stereocenters. The van der Waals surface area contributed by atoms with Crippen LogP contribution in [0.4, 0.5) is 5.69 Å². The number of hydrogen-bond acceptors (Lipinski definition) is 5. The van der Waals surface area contributed by atoms with Crippen LogP contribution < -0.4 is 5.43 Å². The molecule has 148 valence electrons. The standard InChI is InChI=1S/C21H21N5O3/c1-14(2)11-15-3-7-17(8-4-15)19-12-20(24-23-19)21(27)25-22-13-16-5-9-18(10-6-16)26(28)29/h3-10,12-14H,11H2,1-2H3,(H,23,24)(H,25,27)/b22-13-. The molecule has 1 aromatic heterocycles. The Morgan fingerprint density at radius 3 is 2.52 bits per heavy atom. The smallest absolute Gasteiger partial charge is 0.272 e. The summed E-state index contributed by atoms with van der Waals surface area (Å²) < 4.78 is 0. The number of nitro groups is 1. The minimum Gasteiger partial charge on any atom is -0.272 e. The fourth-order valence-electron chi connectivity index (χ4n) is 2.78. The van der Waals surface area contributed by atoms with E-state index in [4.69, 9.17) is 0 Å². The van der Waals surface area contributed by atoms with Crippen molar-refractivity contribution in [2.45, 2.75) is 20.3 Å². The second-order valence-electron chi connectivity index (χ2n) is 7.01. The van der Waals surface area contributed by atoms with Gasteiger partial charge in [-0.15, -0.1) is 0 Å². The van der Waals surface area contributed by atoms with Gasteiger partial charge in [-0.3, -0.25) is 20.0 Å². The van der Waals surface area contributed by atoms with Crippen molar-refractivity contribution in [3.8, 4) is 11.3 Å². The highest BCUT2D eigenvalue weighted by molar-refractivity contribution is 5.94. The first kappa shape index (κ1) is 19.9. The summed E-state index contributed by atoms with van der Waals surface area (Å²) in [6.45, 7) is 4.35. The largest absolute Gasteiger partial charge is 0.289 e. The number of carbonyl (C=O) groups excluding carboxylic acids is 1. The van der Waals surface area contributed by atoms with E-state index in [-0.39, 0.29) is 11.4 Å². The Morgan fingerprint density at radius 2 is 1.90 bits per heavy atom. The van der Waals surface area contributed by atoms with Crippen molar-refractivity contribution in [2.24, 2.45) is 11.0 Å². The molecule has 29 heavy (non-hydrogen) atoms. The van der Waals surface area contributed by atoms with Crippen LogP contribution in [0.3, 0.4) is 0 Å². The second-order valence-corrected chi connectivity index (χ2v) is 7.01.